The van der Waals surface area contributed by atoms with Crippen LogP contribution in [0.3, 0.4) is 0 Å². The van der Waals surface area contributed by atoms with Gasteiger partial charge in [-0.2, -0.15) is 5.26 Å². The summed E-state index contributed by atoms with van der Waals surface area (Å²) in [7, 11) is 0. The van der Waals surface area contributed by atoms with Gasteiger partial charge in [-0.05, 0) is 30.3 Å². The van der Waals surface area contributed by atoms with Crippen molar-refractivity contribution in [3.05, 3.63) is 58.6 Å². The number of nitrogen functional groups attached to an aromatic ring is 1. The number of nitrogens with two attached hydrogens (primary N) is 1. The van der Waals surface area contributed by atoms with Crippen LogP contribution < -0.4 is 10.6 Å². The van der Waals surface area contributed by atoms with Crippen molar-refractivity contribution in [2.75, 3.05) is 17.2 Å². The zero-order chi connectivity index (χ0) is 18.3. The third-order valence-corrected chi connectivity index (χ3v) is 5.26. The van der Waals surface area contributed by atoms with E-state index in [9.17, 15) is 9.18 Å². The van der Waals surface area contributed by atoms with Crippen molar-refractivity contribution in [1.82, 2.24) is 9.97 Å². The number of aromatic nitrogens is 2. The number of fused-ring (bicyclic) bond motifs is 1. The van der Waals surface area contributed by atoms with Gasteiger partial charge in [0.15, 0.2) is 0 Å². The predicted octanol–water partition coefficient (Wildman–Crippen LogP) is 3.00. The Labute approximate surface area is 152 Å². The molecule has 0 aliphatic carbocycles. The van der Waals surface area contributed by atoms with Crippen LogP contribution in [0, 0.1) is 17.1 Å². The van der Waals surface area contributed by atoms with Gasteiger partial charge in [0.25, 0.3) is 5.91 Å². The first kappa shape index (κ1) is 16.2. The molecular formula is C18H12FN5OS. The Morgan fingerprint density at radius 3 is 2.85 bits per heavy atom. The van der Waals surface area contributed by atoms with Gasteiger partial charge in [-0.3, -0.25) is 4.79 Å². The molecule has 1 aromatic carbocycles. The first-order chi connectivity index (χ1) is 12.6. The van der Waals surface area contributed by atoms with Gasteiger partial charge in [0, 0.05) is 30.4 Å². The van der Waals surface area contributed by atoms with E-state index in [2.05, 4.69) is 9.97 Å². The average Bonchev–Trinajstić information content (AvgIpc) is 3.10. The quantitative estimate of drug-likeness (QED) is 0.704. The Morgan fingerprint density at radius 1 is 1.31 bits per heavy atom. The molecule has 128 valence electrons. The number of pyridine rings is 1. The Kier molecular flexibility index (Phi) is 3.86. The molecule has 0 radical (unpaired) electrons. The number of hydrogen-bond donors (Lipinski definition) is 1. The minimum atomic E-state index is -0.507. The molecule has 2 N–H and O–H groups in total. The molecule has 8 heteroatoms. The number of nitrogens with zero attached hydrogens (tertiary/aromatic N) is 4. The number of amides is 1. The zero-order valence-corrected chi connectivity index (χ0v) is 14.3. The molecule has 1 amide bonds. The Bertz CT molecular complexity index is 1050. The molecule has 0 spiro atoms. The molecule has 1 aliphatic rings. The maximum atomic E-state index is 13.4. The topological polar surface area (TPSA) is 95.9 Å². The van der Waals surface area contributed by atoms with Crippen molar-refractivity contribution in [2.24, 2.45) is 0 Å². The molecule has 4 rings (SSSR count). The summed E-state index contributed by atoms with van der Waals surface area (Å²) in [6.45, 7) is 0.450. The van der Waals surface area contributed by atoms with Crippen LogP contribution in [0.4, 0.5) is 15.8 Å². The maximum Gasteiger partial charge on any atom is 0.270 e. The van der Waals surface area contributed by atoms with Crippen LogP contribution in [0.1, 0.15) is 21.1 Å². The number of carbonyl (C=O) groups excluding carboxylic acids is 1. The van der Waals surface area contributed by atoms with E-state index < -0.39 is 5.82 Å². The van der Waals surface area contributed by atoms with Crippen molar-refractivity contribution in [3.8, 4) is 16.6 Å². The molecule has 0 unspecified atom stereocenters. The van der Waals surface area contributed by atoms with Crippen molar-refractivity contribution in [2.45, 2.75) is 6.42 Å². The minimum absolute atomic E-state index is 0.00903. The number of halogens is 1. The van der Waals surface area contributed by atoms with Crippen LogP contribution in [0.25, 0.3) is 10.6 Å². The highest BCUT2D eigenvalue weighted by molar-refractivity contribution is 7.17. The second kappa shape index (κ2) is 6.20. The Balaban J connectivity index is 1.67. The third-order valence-electron chi connectivity index (χ3n) is 4.13. The fraction of sp³-hybridized carbons (Fsp3) is 0.111. The first-order valence-corrected chi connectivity index (χ1v) is 8.61. The fourth-order valence-electron chi connectivity index (χ4n) is 2.79. The van der Waals surface area contributed by atoms with E-state index in [1.807, 2.05) is 6.07 Å². The molecule has 2 aromatic heterocycles. The number of benzene rings is 1. The lowest BCUT2D eigenvalue weighted by atomic mass is 10.1. The summed E-state index contributed by atoms with van der Waals surface area (Å²) in [5.41, 5.74) is 8.02. The van der Waals surface area contributed by atoms with Gasteiger partial charge in [0.2, 0.25) is 0 Å². The van der Waals surface area contributed by atoms with Gasteiger partial charge < -0.3 is 10.6 Å². The molecule has 1 aliphatic heterocycles. The lowest BCUT2D eigenvalue weighted by Crippen LogP contribution is -2.37. The normalized spacial score (nSPS) is 13.4. The molecule has 0 saturated carbocycles. The lowest BCUT2D eigenvalue weighted by molar-refractivity contribution is 0.0984. The summed E-state index contributed by atoms with van der Waals surface area (Å²) in [5, 5.41) is 9.51. The fourth-order valence-corrected chi connectivity index (χ4v) is 3.84. The molecule has 0 fully saturated rings. The average molecular weight is 365 g/mol. The molecule has 3 heterocycles. The van der Waals surface area contributed by atoms with E-state index in [-0.39, 0.29) is 11.6 Å². The van der Waals surface area contributed by atoms with E-state index in [4.69, 9.17) is 11.0 Å². The summed E-state index contributed by atoms with van der Waals surface area (Å²) in [6.07, 6.45) is 2.17. The van der Waals surface area contributed by atoms with E-state index in [1.165, 1.54) is 23.5 Å². The molecule has 6 nitrogen and oxygen atoms in total. The number of rotatable bonds is 2. The van der Waals surface area contributed by atoms with Gasteiger partial charge in [-0.25, -0.2) is 14.4 Å². The van der Waals surface area contributed by atoms with Crippen LogP contribution in [0.2, 0.25) is 0 Å². The van der Waals surface area contributed by atoms with E-state index >= 15 is 0 Å². The number of thiazole rings is 1. The van der Waals surface area contributed by atoms with E-state index in [0.29, 0.717) is 34.2 Å². The highest BCUT2D eigenvalue weighted by atomic mass is 32.1. The SMILES string of the molecule is N#Cc1ccc(-c2nc3c(s2)C(=O)N(c2ccc(F)c(N)c2)CC3)cn1. The second-order valence-corrected chi connectivity index (χ2v) is 6.75. The number of hydrogen-bond acceptors (Lipinski definition) is 6. The summed E-state index contributed by atoms with van der Waals surface area (Å²) in [4.78, 5) is 23.6. The minimum Gasteiger partial charge on any atom is -0.396 e. The maximum absolute atomic E-state index is 13.4. The zero-order valence-electron chi connectivity index (χ0n) is 13.4. The Morgan fingerprint density at radius 2 is 2.15 bits per heavy atom. The summed E-state index contributed by atoms with van der Waals surface area (Å²) >= 11 is 1.29. The predicted molar refractivity (Wildman–Crippen MR) is 96.3 cm³/mol. The van der Waals surface area contributed by atoms with Crippen LogP contribution in [0.5, 0.6) is 0 Å². The van der Waals surface area contributed by atoms with E-state index in [1.54, 1.807) is 29.3 Å². The van der Waals surface area contributed by atoms with E-state index in [0.717, 1.165) is 11.3 Å². The number of carbonyl (C=O) groups is 1. The number of nitriles is 1. The van der Waals surface area contributed by atoms with Gasteiger partial charge >= 0.3 is 0 Å². The number of anilines is 2. The van der Waals surface area contributed by atoms with Crippen molar-refractivity contribution >= 4 is 28.6 Å². The molecule has 26 heavy (non-hydrogen) atoms. The molecule has 0 saturated heterocycles. The first-order valence-electron chi connectivity index (χ1n) is 7.80. The molecule has 3 aromatic rings. The molecule has 0 bridgehead atoms. The van der Waals surface area contributed by atoms with Crippen LogP contribution >= 0.6 is 11.3 Å². The van der Waals surface area contributed by atoms with Gasteiger partial charge in [0.1, 0.15) is 27.5 Å². The lowest BCUT2D eigenvalue weighted by Gasteiger charge is -2.26. The molecular weight excluding hydrogens is 353 g/mol. The largest absolute Gasteiger partial charge is 0.396 e. The monoisotopic (exact) mass is 365 g/mol. The molecule has 0 atom stereocenters. The second-order valence-electron chi connectivity index (χ2n) is 5.75. The van der Waals surface area contributed by atoms with Crippen molar-refractivity contribution in [3.63, 3.8) is 0 Å². The van der Waals surface area contributed by atoms with Gasteiger partial charge in [-0.1, -0.05) is 0 Å². The van der Waals surface area contributed by atoms with Crippen molar-refractivity contribution in [1.29, 1.82) is 5.26 Å². The standard InChI is InChI=1S/C18H12FN5OS/c19-13-4-3-12(7-14(13)21)24-6-5-15-16(18(24)25)26-17(23-15)10-1-2-11(8-20)22-9-10/h1-4,7,9H,5-6,21H2. The van der Waals surface area contributed by atoms with Crippen LogP contribution in [-0.2, 0) is 6.42 Å². The van der Waals surface area contributed by atoms with Gasteiger partial charge in [-0.15, -0.1) is 11.3 Å². The summed E-state index contributed by atoms with van der Waals surface area (Å²) in [6, 6.07) is 9.61. The summed E-state index contributed by atoms with van der Waals surface area (Å²) < 4.78 is 13.4. The Hall–Kier alpha value is -3.31. The van der Waals surface area contributed by atoms with Crippen molar-refractivity contribution < 1.29 is 9.18 Å². The van der Waals surface area contributed by atoms with Crippen LogP contribution in [0.15, 0.2) is 36.5 Å². The smallest absolute Gasteiger partial charge is 0.270 e. The third kappa shape index (κ3) is 2.68. The highest BCUT2D eigenvalue weighted by Crippen LogP contribution is 2.33. The highest BCUT2D eigenvalue weighted by Gasteiger charge is 2.29. The summed E-state index contributed by atoms with van der Waals surface area (Å²) in [5.74, 6) is -0.685. The van der Waals surface area contributed by atoms with Gasteiger partial charge in [0.05, 0.1) is 11.4 Å². The van der Waals surface area contributed by atoms with Crippen LogP contribution in [-0.4, -0.2) is 22.4 Å².